The predicted molar refractivity (Wildman–Crippen MR) is 58.5 cm³/mol. The maximum atomic E-state index is 4.27. The third kappa shape index (κ3) is 2.69. The van der Waals surface area contributed by atoms with Crippen molar-refractivity contribution in [1.82, 2.24) is 15.3 Å². The molecule has 3 nitrogen and oxygen atoms in total. The summed E-state index contributed by atoms with van der Waals surface area (Å²) in [5.41, 5.74) is 1.05. The molecule has 0 unspecified atom stereocenters. The zero-order chi connectivity index (χ0) is 9.80. The van der Waals surface area contributed by atoms with Gasteiger partial charge in [0.05, 0.1) is 5.03 Å². The van der Waals surface area contributed by atoms with E-state index < -0.39 is 0 Å². The SMILES string of the molecule is Cc1cc(SC2CCNCC2)ncn1. The molecule has 2 rings (SSSR count). The summed E-state index contributed by atoms with van der Waals surface area (Å²) < 4.78 is 0. The zero-order valence-electron chi connectivity index (χ0n) is 8.36. The van der Waals surface area contributed by atoms with Crippen LogP contribution in [0.5, 0.6) is 0 Å². The van der Waals surface area contributed by atoms with Gasteiger partial charge in [-0.2, -0.15) is 0 Å². The Morgan fingerprint density at radius 2 is 2.14 bits per heavy atom. The number of hydrogen-bond acceptors (Lipinski definition) is 4. The van der Waals surface area contributed by atoms with Crippen LogP contribution in [0.25, 0.3) is 0 Å². The molecule has 0 aliphatic carbocycles. The molecule has 0 bridgehead atoms. The van der Waals surface area contributed by atoms with Crippen molar-refractivity contribution in [2.75, 3.05) is 13.1 Å². The van der Waals surface area contributed by atoms with Crippen LogP contribution in [0, 0.1) is 6.92 Å². The standard InChI is InChI=1S/C10H15N3S/c1-8-6-10(13-7-12-8)14-9-2-4-11-5-3-9/h6-7,9,11H,2-5H2,1H3. The molecular formula is C10H15N3S. The molecule has 1 aliphatic heterocycles. The minimum Gasteiger partial charge on any atom is -0.317 e. The molecule has 1 aliphatic rings. The number of aryl methyl sites for hydroxylation is 1. The summed E-state index contributed by atoms with van der Waals surface area (Å²) in [5, 5.41) is 5.21. The van der Waals surface area contributed by atoms with Gasteiger partial charge in [0.2, 0.25) is 0 Å². The molecule has 0 aromatic carbocycles. The highest BCUT2D eigenvalue weighted by Gasteiger charge is 2.14. The topological polar surface area (TPSA) is 37.8 Å². The van der Waals surface area contributed by atoms with E-state index in [1.54, 1.807) is 6.33 Å². The van der Waals surface area contributed by atoms with E-state index in [1.165, 1.54) is 12.8 Å². The summed E-state index contributed by atoms with van der Waals surface area (Å²) in [6.07, 6.45) is 4.14. The molecule has 4 heteroatoms. The van der Waals surface area contributed by atoms with Crippen LogP contribution in [-0.2, 0) is 0 Å². The number of rotatable bonds is 2. The van der Waals surface area contributed by atoms with E-state index in [4.69, 9.17) is 0 Å². The lowest BCUT2D eigenvalue weighted by Crippen LogP contribution is -2.29. The largest absolute Gasteiger partial charge is 0.317 e. The molecule has 2 heterocycles. The smallest absolute Gasteiger partial charge is 0.116 e. The minimum atomic E-state index is 0.727. The molecule has 0 saturated carbocycles. The van der Waals surface area contributed by atoms with E-state index in [1.807, 2.05) is 18.7 Å². The third-order valence-electron chi connectivity index (χ3n) is 2.35. The molecule has 76 valence electrons. The fourth-order valence-electron chi connectivity index (χ4n) is 1.58. The van der Waals surface area contributed by atoms with Gasteiger partial charge < -0.3 is 5.32 Å². The van der Waals surface area contributed by atoms with E-state index in [0.717, 1.165) is 29.1 Å². The Morgan fingerprint density at radius 3 is 2.86 bits per heavy atom. The van der Waals surface area contributed by atoms with Crippen LogP contribution in [0.2, 0.25) is 0 Å². The van der Waals surface area contributed by atoms with Gasteiger partial charge in [-0.25, -0.2) is 9.97 Å². The average molecular weight is 209 g/mol. The Balaban J connectivity index is 1.95. The molecule has 1 aromatic rings. The van der Waals surface area contributed by atoms with E-state index in [-0.39, 0.29) is 0 Å². The van der Waals surface area contributed by atoms with Gasteiger partial charge in [-0.1, -0.05) is 0 Å². The first-order chi connectivity index (χ1) is 6.84. The molecule has 0 atom stereocenters. The van der Waals surface area contributed by atoms with Crippen molar-refractivity contribution < 1.29 is 0 Å². The van der Waals surface area contributed by atoms with E-state index in [0.29, 0.717) is 0 Å². The fraction of sp³-hybridized carbons (Fsp3) is 0.600. The Labute approximate surface area is 88.7 Å². The van der Waals surface area contributed by atoms with Gasteiger partial charge in [0, 0.05) is 10.9 Å². The number of piperidine rings is 1. The predicted octanol–water partition coefficient (Wildman–Crippen LogP) is 1.63. The summed E-state index contributed by atoms with van der Waals surface area (Å²) in [6.45, 7) is 4.29. The second-order valence-corrected chi connectivity index (χ2v) is 4.89. The molecular weight excluding hydrogens is 194 g/mol. The van der Waals surface area contributed by atoms with Crippen molar-refractivity contribution in [3.8, 4) is 0 Å². The van der Waals surface area contributed by atoms with Crippen LogP contribution >= 0.6 is 11.8 Å². The van der Waals surface area contributed by atoms with E-state index in [2.05, 4.69) is 21.4 Å². The lowest BCUT2D eigenvalue weighted by atomic mass is 10.2. The summed E-state index contributed by atoms with van der Waals surface area (Å²) in [7, 11) is 0. The van der Waals surface area contributed by atoms with Gasteiger partial charge >= 0.3 is 0 Å². The van der Waals surface area contributed by atoms with Crippen molar-refractivity contribution in [3.63, 3.8) is 0 Å². The van der Waals surface area contributed by atoms with E-state index >= 15 is 0 Å². The monoisotopic (exact) mass is 209 g/mol. The van der Waals surface area contributed by atoms with Crippen molar-refractivity contribution in [3.05, 3.63) is 18.1 Å². The van der Waals surface area contributed by atoms with Gasteiger partial charge in [-0.15, -0.1) is 11.8 Å². The number of thioether (sulfide) groups is 1. The number of hydrogen-bond donors (Lipinski definition) is 1. The zero-order valence-corrected chi connectivity index (χ0v) is 9.18. The Morgan fingerprint density at radius 1 is 1.36 bits per heavy atom. The van der Waals surface area contributed by atoms with E-state index in [9.17, 15) is 0 Å². The van der Waals surface area contributed by atoms with Crippen LogP contribution in [-0.4, -0.2) is 28.3 Å². The number of nitrogens with one attached hydrogen (secondary N) is 1. The number of aromatic nitrogens is 2. The van der Waals surface area contributed by atoms with Gasteiger partial charge in [-0.05, 0) is 38.9 Å². The molecule has 1 saturated heterocycles. The highest BCUT2D eigenvalue weighted by molar-refractivity contribution is 7.99. The first-order valence-electron chi connectivity index (χ1n) is 5.00. The quantitative estimate of drug-likeness (QED) is 0.751. The Kier molecular flexibility index (Phi) is 3.37. The normalized spacial score (nSPS) is 18.4. The van der Waals surface area contributed by atoms with Crippen LogP contribution in [0.3, 0.4) is 0 Å². The summed E-state index contributed by atoms with van der Waals surface area (Å²) in [4.78, 5) is 8.36. The molecule has 1 aromatic heterocycles. The summed E-state index contributed by atoms with van der Waals surface area (Å²) in [6, 6.07) is 2.06. The van der Waals surface area contributed by atoms with Crippen molar-refractivity contribution in [2.24, 2.45) is 0 Å². The summed E-state index contributed by atoms with van der Waals surface area (Å²) in [5.74, 6) is 0. The van der Waals surface area contributed by atoms with Crippen molar-refractivity contribution in [2.45, 2.75) is 30.0 Å². The molecule has 0 spiro atoms. The lowest BCUT2D eigenvalue weighted by molar-refractivity contribution is 0.531. The highest BCUT2D eigenvalue weighted by atomic mass is 32.2. The van der Waals surface area contributed by atoms with Crippen molar-refractivity contribution in [1.29, 1.82) is 0 Å². The maximum absolute atomic E-state index is 4.27. The molecule has 1 fully saturated rings. The Bertz CT molecular complexity index is 297. The molecule has 0 amide bonds. The first-order valence-corrected chi connectivity index (χ1v) is 5.88. The van der Waals surface area contributed by atoms with Gasteiger partial charge in [0.15, 0.2) is 0 Å². The molecule has 14 heavy (non-hydrogen) atoms. The van der Waals surface area contributed by atoms with Crippen LogP contribution in [0.15, 0.2) is 17.4 Å². The second-order valence-electron chi connectivity index (χ2n) is 3.56. The summed E-state index contributed by atoms with van der Waals surface area (Å²) >= 11 is 1.89. The second kappa shape index (κ2) is 4.75. The van der Waals surface area contributed by atoms with Gasteiger partial charge in [-0.3, -0.25) is 0 Å². The molecule has 0 radical (unpaired) electrons. The Hall–Kier alpha value is -0.610. The van der Waals surface area contributed by atoms with Crippen LogP contribution < -0.4 is 5.32 Å². The third-order valence-corrected chi connectivity index (χ3v) is 3.62. The van der Waals surface area contributed by atoms with Crippen LogP contribution in [0.1, 0.15) is 18.5 Å². The average Bonchev–Trinajstić information content (AvgIpc) is 2.19. The number of nitrogens with zero attached hydrogens (tertiary/aromatic N) is 2. The fourth-order valence-corrected chi connectivity index (χ4v) is 2.74. The molecule has 1 N–H and O–H groups in total. The van der Waals surface area contributed by atoms with Crippen molar-refractivity contribution >= 4 is 11.8 Å². The van der Waals surface area contributed by atoms with Gasteiger partial charge in [0.1, 0.15) is 6.33 Å². The maximum Gasteiger partial charge on any atom is 0.116 e. The first kappa shape index (κ1) is 9.93. The van der Waals surface area contributed by atoms with Gasteiger partial charge in [0.25, 0.3) is 0 Å². The minimum absolute atomic E-state index is 0.727. The lowest BCUT2D eigenvalue weighted by Gasteiger charge is -2.21. The van der Waals surface area contributed by atoms with Crippen LogP contribution in [0.4, 0.5) is 0 Å². The highest BCUT2D eigenvalue weighted by Crippen LogP contribution is 2.26.